The number of nitrogens with zero attached hydrogens (tertiary/aromatic N) is 4. The highest BCUT2D eigenvalue weighted by molar-refractivity contribution is 6.06. The fraction of sp³-hybridized carbons (Fsp3) is 0.440. The van der Waals surface area contributed by atoms with Gasteiger partial charge < -0.3 is 10.6 Å². The Balaban J connectivity index is 1.16. The highest BCUT2D eigenvalue weighted by atomic mass is 16.2. The summed E-state index contributed by atoms with van der Waals surface area (Å²) in [6, 6.07) is 10.2. The lowest BCUT2D eigenvalue weighted by Crippen LogP contribution is -2.43. The van der Waals surface area contributed by atoms with Crippen molar-refractivity contribution in [2.24, 2.45) is 28.7 Å². The second-order valence-corrected chi connectivity index (χ2v) is 8.97. The summed E-state index contributed by atoms with van der Waals surface area (Å²) in [7, 11) is 0. The van der Waals surface area contributed by atoms with Crippen molar-refractivity contribution in [1.82, 2.24) is 25.3 Å². The Bertz CT molecular complexity index is 1050. The molecule has 8 nitrogen and oxygen atoms in total. The van der Waals surface area contributed by atoms with Crippen LogP contribution in [0.1, 0.15) is 24.5 Å². The van der Waals surface area contributed by atoms with E-state index in [2.05, 4.69) is 51.1 Å². The van der Waals surface area contributed by atoms with Gasteiger partial charge in [0.25, 0.3) is 0 Å². The van der Waals surface area contributed by atoms with Crippen LogP contribution in [0.2, 0.25) is 0 Å². The standard InChI is InChI=1S/C25H30N6O2/c1-2-26-25(28-15-17-5-3-6-18(13-17)16-30-11-4-9-29-30)27-10-12-31-23(32)21-19-7-8-20(14-19)22(21)24(31)33/h3-9,11,13,19-22H,2,10,12,14-16H2,1H3,(H2,26,27,28). The Morgan fingerprint density at radius 3 is 2.55 bits per heavy atom. The number of imide groups is 1. The van der Waals surface area contributed by atoms with E-state index in [0.29, 0.717) is 25.6 Å². The molecule has 4 unspecified atom stereocenters. The van der Waals surface area contributed by atoms with Crippen molar-refractivity contribution in [3.8, 4) is 0 Å². The number of benzene rings is 1. The molecule has 2 amide bonds. The molecule has 1 aliphatic heterocycles. The molecule has 2 N–H and O–H groups in total. The first kappa shape index (κ1) is 21.4. The zero-order valence-electron chi connectivity index (χ0n) is 18.9. The number of hydrogen-bond donors (Lipinski definition) is 2. The van der Waals surface area contributed by atoms with Crippen molar-refractivity contribution in [2.75, 3.05) is 19.6 Å². The van der Waals surface area contributed by atoms with E-state index in [0.717, 1.165) is 25.1 Å². The largest absolute Gasteiger partial charge is 0.357 e. The van der Waals surface area contributed by atoms with Crippen LogP contribution in [0.15, 0.2) is 59.9 Å². The van der Waals surface area contributed by atoms with E-state index in [4.69, 9.17) is 0 Å². The zero-order chi connectivity index (χ0) is 22.8. The van der Waals surface area contributed by atoms with Gasteiger partial charge in [-0.1, -0.05) is 36.4 Å². The maximum absolute atomic E-state index is 12.8. The number of fused-ring (bicyclic) bond motifs is 5. The molecule has 3 aliphatic rings. The highest BCUT2D eigenvalue weighted by Crippen LogP contribution is 2.52. The number of allylic oxidation sites excluding steroid dienone is 2. The van der Waals surface area contributed by atoms with Gasteiger partial charge in [0.05, 0.1) is 24.9 Å². The Morgan fingerprint density at radius 1 is 1.09 bits per heavy atom. The number of hydrogen-bond acceptors (Lipinski definition) is 4. The van der Waals surface area contributed by atoms with Crippen LogP contribution >= 0.6 is 0 Å². The summed E-state index contributed by atoms with van der Waals surface area (Å²) in [5, 5.41) is 10.8. The molecule has 2 fully saturated rings. The van der Waals surface area contributed by atoms with E-state index >= 15 is 0 Å². The van der Waals surface area contributed by atoms with Crippen LogP contribution < -0.4 is 10.6 Å². The minimum absolute atomic E-state index is 0.000383. The van der Waals surface area contributed by atoms with E-state index in [1.54, 1.807) is 6.20 Å². The van der Waals surface area contributed by atoms with Gasteiger partial charge in [-0.25, -0.2) is 4.99 Å². The van der Waals surface area contributed by atoms with E-state index < -0.39 is 0 Å². The molecule has 2 aromatic rings. The molecule has 2 aliphatic carbocycles. The molecule has 8 heteroatoms. The Hall–Kier alpha value is -3.42. The van der Waals surface area contributed by atoms with Gasteiger partial charge in [0, 0.05) is 32.0 Å². The van der Waals surface area contributed by atoms with Gasteiger partial charge in [-0.3, -0.25) is 19.2 Å². The Morgan fingerprint density at radius 2 is 1.85 bits per heavy atom. The second-order valence-electron chi connectivity index (χ2n) is 8.97. The number of carbonyl (C=O) groups excluding carboxylic acids is 2. The zero-order valence-corrected chi connectivity index (χ0v) is 18.9. The first-order chi connectivity index (χ1) is 16.1. The fourth-order valence-corrected chi connectivity index (χ4v) is 5.39. The van der Waals surface area contributed by atoms with Gasteiger partial charge in [-0.15, -0.1) is 0 Å². The first-order valence-electron chi connectivity index (χ1n) is 11.7. The van der Waals surface area contributed by atoms with Crippen molar-refractivity contribution in [3.05, 3.63) is 66.0 Å². The second kappa shape index (κ2) is 9.21. The van der Waals surface area contributed by atoms with Crippen molar-refractivity contribution < 1.29 is 9.59 Å². The van der Waals surface area contributed by atoms with Gasteiger partial charge in [0.2, 0.25) is 11.8 Å². The van der Waals surface area contributed by atoms with Crippen molar-refractivity contribution in [1.29, 1.82) is 0 Å². The molecule has 0 spiro atoms. The summed E-state index contributed by atoms with van der Waals surface area (Å²) in [6.45, 7) is 4.84. The topological polar surface area (TPSA) is 91.6 Å². The van der Waals surface area contributed by atoms with Crippen LogP contribution in [0, 0.1) is 23.7 Å². The third-order valence-electron chi connectivity index (χ3n) is 6.85. The predicted molar refractivity (Wildman–Crippen MR) is 125 cm³/mol. The maximum atomic E-state index is 12.8. The minimum atomic E-state index is -0.136. The molecule has 2 heterocycles. The number of aromatic nitrogens is 2. The molecule has 33 heavy (non-hydrogen) atoms. The lowest BCUT2D eigenvalue weighted by Gasteiger charge is -2.18. The van der Waals surface area contributed by atoms with Gasteiger partial charge in [0.1, 0.15) is 0 Å². The lowest BCUT2D eigenvalue weighted by atomic mass is 9.85. The van der Waals surface area contributed by atoms with Crippen molar-refractivity contribution in [3.63, 3.8) is 0 Å². The SMILES string of the molecule is CCNC(=NCc1cccc(Cn2cccn2)c1)NCCN1C(=O)C2C3C=CC(C3)C2C1=O. The summed E-state index contributed by atoms with van der Waals surface area (Å²) in [4.78, 5) is 31.8. The van der Waals surface area contributed by atoms with Crippen LogP contribution in [-0.4, -0.2) is 52.1 Å². The Kier molecular flexibility index (Phi) is 5.98. The van der Waals surface area contributed by atoms with E-state index in [1.165, 1.54) is 10.5 Å². The number of amides is 2. The molecule has 1 saturated carbocycles. The molecule has 2 bridgehead atoms. The molecular formula is C25H30N6O2. The van der Waals surface area contributed by atoms with Crippen molar-refractivity contribution >= 4 is 17.8 Å². The van der Waals surface area contributed by atoms with Crippen LogP contribution in [0.3, 0.4) is 0 Å². The summed E-state index contributed by atoms with van der Waals surface area (Å²) in [6.07, 6.45) is 8.93. The smallest absolute Gasteiger partial charge is 0.233 e. The van der Waals surface area contributed by atoms with Crippen LogP contribution in [-0.2, 0) is 22.7 Å². The lowest BCUT2D eigenvalue weighted by molar-refractivity contribution is -0.140. The van der Waals surface area contributed by atoms with E-state index in [9.17, 15) is 9.59 Å². The summed E-state index contributed by atoms with van der Waals surface area (Å²) >= 11 is 0. The van der Waals surface area contributed by atoms with Crippen LogP contribution in [0.25, 0.3) is 0 Å². The molecule has 4 atom stereocenters. The third-order valence-corrected chi connectivity index (χ3v) is 6.85. The summed E-state index contributed by atoms with van der Waals surface area (Å²) in [5.41, 5.74) is 2.28. The predicted octanol–water partition coefficient (Wildman–Crippen LogP) is 1.79. The summed E-state index contributed by atoms with van der Waals surface area (Å²) < 4.78 is 1.89. The van der Waals surface area contributed by atoms with Crippen LogP contribution in [0.4, 0.5) is 0 Å². The fourth-order valence-electron chi connectivity index (χ4n) is 5.39. The molecular weight excluding hydrogens is 416 g/mol. The Labute approximate surface area is 193 Å². The van der Waals surface area contributed by atoms with E-state index in [-0.39, 0.29) is 35.5 Å². The number of aliphatic imine (C=N–C) groups is 1. The monoisotopic (exact) mass is 446 g/mol. The first-order valence-corrected chi connectivity index (χ1v) is 11.7. The molecule has 1 saturated heterocycles. The number of nitrogens with one attached hydrogen (secondary N) is 2. The van der Waals surface area contributed by atoms with Crippen molar-refractivity contribution in [2.45, 2.75) is 26.4 Å². The molecule has 5 rings (SSSR count). The molecule has 172 valence electrons. The highest BCUT2D eigenvalue weighted by Gasteiger charge is 2.58. The van der Waals surface area contributed by atoms with Gasteiger partial charge >= 0.3 is 0 Å². The van der Waals surface area contributed by atoms with Gasteiger partial charge in [0.15, 0.2) is 5.96 Å². The number of likely N-dealkylation sites (tertiary alicyclic amines) is 1. The van der Waals surface area contributed by atoms with Gasteiger partial charge in [-0.2, -0.15) is 5.10 Å². The maximum Gasteiger partial charge on any atom is 0.233 e. The average Bonchev–Trinajstić information content (AvgIpc) is 3.60. The molecule has 0 radical (unpaired) electrons. The summed E-state index contributed by atoms with van der Waals surface area (Å²) in [5.74, 6) is 0.900. The third kappa shape index (κ3) is 4.29. The van der Waals surface area contributed by atoms with E-state index in [1.807, 2.05) is 29.9 Å². The quantitative estimate of drug-likeness (QED) is 0.279. The molecule has 1 aromatic carbocycles. The number of carbonyl (C=O) groups is 2. The molecule has 1 aromatic heterocycles. The number of rotatable bonds is 8. The van der Waals surface area contributed by atoms with Gasteiger partial charge in [-0.05, 0) is 42.4 Å². The normalized spacial score (nSPS) is 25.7. The number of guanidine groups is 1. The van der Waals surface area contributed by atoms with Crippen LogP contribution in [0.5, 0.6) is 0 Å². The average molecular weight is 447 g/mol. The minimum Gasteiger partial charge on any atom is -0.357 e.